The summed E-state index contributed by atoms with van der Waals surface area (Å²) < 4.78 is 5.10. The highest BCUT2D eigenvalue weighted by atomic mass is 16.5. The lowest BCUT2D eigenvalue weighted by atomic mass is 10.1. The third-order valence-corrected chi connectivity index (χ3v) is 2.71. The molecule has 0 bridgehead atoms. The molecule has 1 aromatic carbocycles. The molecule has 2 N–H and O–H groups in total. The molecule has 0 aliphatic rings. The first kappa shape index (κ1) is 15.5. The van der Waals surface area contributed by atoms with Crippen molar-refractivity contribution in [3.05, 3.63) is 29.8 Å². The average Bonchev–Trinajstić information content (AvgIpc) is 2.36. The standard InChI is InChI=1S/C15H24N2O2/c1-12(2)17-15(18)8-10-16-14-7-5-4-6-13(14)9-11-19-3/h4-7,12,16H,8-11H2,1-3H3,(H,17,18). The van der Waals surface area contributed by atoms with E-state index in [-0.39, 0.29) is 11.9 Å². The summed E-state index contributed by atoms with van der Waals surface area (Å²) in [5.41, 5.74) is 2.30. The molecule has 0 aromatic heterocycles. The predicted molar refractivity (Wildman–Crippen MR) is 78.4 cm³/mol. The van der Waals surface area contributed by atoms with E-state index in [0.717, 1.165) is 12.1 Å². The van der Waals surface area contributed by atoms with E-state index in [1.807, 2.05) is 32.0 Å². The second kappa shape index (κ2) is 8.53. The van der Waals surface area contributed by atoms with Gasteiger partial charge in [0.1, 0.15) is 0 Å². The fraction of sp³-hybridized carbons (Fsp3) is 0.533. The van der Waals surface area contributed by atoms with Crippen LogP contribution in [0.2, 0.25) is 0 Å². The van der Waals surface area contributed by atoms with Gasteiger partial charge in [-0.2, -0.15) is 0 Å². The van der Waals surface area contributed by atoms with Crippen molar-refractivity contribution >= 4 is 11.6 Å². The fourth-order valence-electron chi connectivity index (χ4n) is 1.83. The molecule has 106 valence electrons. The maximum absolute atomic E-state index is 11.5. The summed E-state index contributed by atoms with van der Waals surface area (Å²) in [5.74, 6) is 0.0804. The molecule has 1 aromatic rings. The van der Waals surface area contributed by atoms with Crippen LogP contribution in [0.15, 0.2) is 24.3 Å². The number of rotatable bonds is 8. The van der Waals surface area contributed by atoms with Gasteiger partial charge in [-0.05, 0) is 31.9 Å². The fourth-order valence-corrected chi connectivity index (χ4v) is 1.83. The van der Waals surface area contributed by atoms with Crippen LogP contribution < -0.4 is 10.6 Å². The molecule has 0 radical (unpaired) electrons. The lowest BCUT2D eigenvalue weighted by Crippen LogP contribution is -2.31. The van der Waals surface area contributed by atoms with Crippen LogP contribution in [0.1, 0.15) is 25.8 Å². The quantitative estimate of drug-likeness (QED) is 0.757. The van der Waals surface area contributed by atoms with E-state index >= 15 is 0 Å². The van der Waals surface area contributed by atoms with Gasteiger partial charge in [-0.1, -0.05) is 18.2 Å². The number of ether oxygens (including phenoxy) is 1. The van der Waals surface area contributed by atoms with E-state index in [1.54, 1.807) is 7.11 Å². The summed E-state index contributed by atoms with van der Waals surface area (Å²) in [5, 5.41) is 6.19. The molecule has 0 fully saturated rings. The molecule has 1 rings (SSSR count). The van der Waals surface area contributed by atoms with Gasteiger partial charge in [-0.15, -0.1) is 0 Å². The highest BCUT2D eigenvalue weighted by molar-refractivity contribution is 5.76. The van der Waals surface area contributed by atoms with E-state index < -0.39 is 0 Å². The number of carbonyl (C=O) groups is 1. The van der Waals surface area contributed by atoms with Gasteiger partial charge in [-0.3, -0.25) is 4.79 Å². The summed E-state index contributed by atoms with van der Waals surface area (Å²) in [6, 6.07) is 8.32. The summed E-state index contributed by atoms with van der Waals surface area (Å²) in [7, 11) is 1.70. The maximum atomic E-state index is 11.5. The van der Waals surface area contributed by atoms with Crippen molar-refractivity contribution in [3.8, 4) is 0 Å². The Morgan fingerprint density at radius 1 is 1.32 bits per heavy atom. The topological polar surface area (TPSA) is 50.4 Å². The van der Waals surface area contributed by atoms with Gasteiger partial charge >= 0.3 is 0 Å². The molecule has 0 atom stereocenters. The highest BCUT2D eigenvalue weighted by Crippen LogP contribution is 2.15. The molecule has 0 heterocycles. The zero-order valence-electron chi connectivity index (χ0n) is 12.0. The van der Waals surface area contributed by atoms with Crippen molar-refractivity contribution in [3.63, 3.8) is 0 Å². The summed E-state index contributed by atoms with van der Waals surface area (Å²) >= 11 is 0. The second-order valence-electron chi connectivity index (χ2n) is 4.80. The number of anilines is 1. The molecule has 1 amide bonds. The summed E-state index contributed by atoms with van der Waals surface area (Å²) in [6.45, 7) is 5.27. The molecular formula is C15H24N2O2. The third-order valence-electron chi connectivity index (χ3n) is 2.71. The number of benzene rings is 1. The molecule has 0 saturated heterocycles. The molecular weight excluding hydrogens is 240 g/mol. The zero-order chi connectivity index (χ0) is 14.1. The summed E-state index contributed by atoms with van der Waals surface area (Å²) in [4.78, 5) is 11.5. The Balaban J connectivity index is 2.42. The normalized spacial score (nSPS) is 10.5. The molecule has 0 aliphatic carbocycles. The smallest absolute Gasteiger partial charge is 0.221 e. The summed E-state index contributed by atoms with van der Waals surface area (Å²) in [6.07, 6.45) is 1.36. The first-order chi connectivity index (χ1) is 9.13. The number of hydrogen-bond acceptors (Lipinski definition) is 3. The molecule has 0 unspecified atom stereocenters. The minimum atomic E-state index is 0.0804. The molecule has 19 heavy (non-hydrogen) atoms. The number of carbonyl (C=O) groups excluding carboxylic acids is 1. The second-order valence-corrected chi connectivity index (χ2v) is 4.80. The first-order valence-electron chi connectivity index (χ1n) is 6.73. The van der Waals surface area contributed by atoms with Gasteiger partial charge in [0.25, 0.3) is 0 Å². The minimum absolute atomic E-state index is 0.0804. The Bertz CT molecular complexity index is 391. The van der Waals surface area contributed by atoms with E-state index in [0.29, 0.717) is 19.6 Å². The van der Waals surface area contributed by atoms with E-state index in [4.69, 9.17) is 4.74 Å². The number of hydrogen-bond donors (Lipinski definition) is 2. The minimum Gasteiger partial charge on any atom is -0.384 e. The first-order valence-corrected chi connectivity index (χ1v) is 6.73. The van der Waals surface area contributed by atoms with Crippen LogP contribution in [-0.2, 0) is 16.0 Å². The third kappa shape index (κ3) is 6.25. The average molecular weight is 264 g/mol. The van der Waals surface area contributed by atoms with Gasteiger partial charge < -0.3 is 15.4 Å². The molecule has 0 saturated carbocycles. The number of methoxy groups -OCH3 is 1. The van der Waals surface area contributed by atoms with Gasteiger partial charge in [0.2, 0.25) is 5.91 Å². The Labute approximate surface area is 115 Å². The van der Waals surface area contributed by atoms with Crippen molar-refractivity contribution < 1.29 is 9.53 Å². The molecule has 0 spiro atoms. The monoisotopic (exact) mass is 264 g/mol. The number of para-hydroxylation sites is 1. The van der Waals surface area contributed by atoms with Crippen LogP contribution in [0.3, 0.4) is 0 Å². The number of nitrogens with one attached hydrogen (secondary N) is 2. The van der Waals surface area contributed by atoms with Crippen LogP contribution >= 0.6 is 0 Å². The van der Waals surface area contributed by atoms with E-state index in [2.05, 4.69) is 16.7 Å². The van der Waals surface area contributed by atoms with E-state index in [9.17, 15) is 4.79 Å². The Morgan fingerprint density at radius 3 is 2.74 bits per heavy atom. The predicted octanol–water partition coefficient (Wildman–Crippen LogP) is 2.20. The zero-order valence-corrected chi connectivity index (χ0v) is 12.0. The lowest BCUT2D eigenvalue weighted by Gasteiger charge is -2.12. The SMILES string of the molecule is COCCc1ccccc1NCCC(=O)NC(C)C. The van der Waals surface area contributed by atoms with Crippen LogP contribution in [-0.4, -0.2) is 32.2 Å². The maximum Gasteiger partial charge on any atom is 0.221 e. The van der Waals surface area contributed by atoms with Crippen LogP contribution in [0, 0.1) is 0 Å². The number of amides is 1. The van der Waals surface area contributed by atoms with Crippen molar-refractivity contribution in [2.45, 2.75) is 32.7 Å². The molecule has 4 heteroatoms. The van der Waals surface area contributed by atoms with Crippen molar-refractivity contribution in [1.82, 2.24) is 5.32 Å². The molecule has 4 nitrogen and oxygen atoms in total. The Kier molecular flexibility index (Phi) is 6.97. The van der Waals surface area contributed by atoms with E-state index in [1.165, 1.54) is 5.56 Å². The Hall–Kier alpha value is -1.55. The van der Waals surface area contributed by atoms with Crippen LogP contribution in [0.4, 0.5) is 5.69 Å². The highest BCUT2D eigenvalue weighted by Gasteiger charge is 2.04. The Morgan fingerprint density at radius 2 is 2.05 bits per heavy atom. The molecule has 0 aliphatic heterocycles. The van der Waals surface area contributed by atoms with Crippen molar-refractivity contribution in [2.24, 2.45) is 0 Å². The van der Waals surface area contributed by atoms with Crippen LogP contribution in [0.5, 0.6) is 0 Å². The van der Waals surface area contributed by atoms with Crippen molar-refractivity contribution in [2.75, 3.05) is 25.6 Å². The largest absolute Gasteiger partial charge is 0.384 e. The van der Waals surface area contributed by atoms with Crippen LogP contribution in [0.25, 0.3) is 0 Å². The van der Waals surface area contributed by atoms with Gasteiger partial charge in [0.05, 0.1) is 6.61 Å². The lowest BCUT2D eigenvalue weighted by molar-refractivity contribution is -0.121. The van der Waals surface area contributed by atoms with Crippen molar-refractivity contribution in [1.29, 1.82) is 0 Å². The van der Waals surface area contributed by atoms with Gasteiger partial charge in [0, 0.05) is 31.8 Å². The van der Waals surface area contributed by atoms with Gasteiger partial charge in [-0.25, -0.2) is 0 Å². The van der Waals surface area contributed by atoms with Gasteiger partial charge in [0.15, 0.2) is 0 Å².